The maximum atomic E-state index is 12.8. The number of hydrogen-bond acceptors (Lipinski definition) is 5. The summed E-state index contributed by atoms with van der Waals surface area (Å²) in [7, 11) is -3.66. The van der Waals surface area contributed by atoms with E-state index in [2.05, 4.69) is 10.3 Å². The smallest absolute Gasteiger partial charge is 0.246 e. The van der Waals surface area contributed by atoms with Crippen LogP contribution in [0.2, 0.25) is 0 Å². The Balaban J connectivity index is 3.19. The topological polar surface area (TPSA) is 86.1 Å². The summed E-state index contributed by atoms with van der Waals surface area (Å²) in [6.07, 6.45) is 3.08. The molecule has 7 heteroatoms. The van der Waals surface area contributed by atoms with Crippen LogP contribution in [0.1, 0.15) is 27.2 Å². The minimum Gasteiger partial charge on any atom is -0.384 e. The highest BCUT2D eigenvalue weighted by atomic mass is 32.2. The molecule has 6 nitrogen and oxygen atoms in total. The Labute approximate surface area is 126 Å². The van der Waals surface area contributed by atoms with Crippen LogP contribution in [0.25, 0.3) is 0 Å². The SMILES string of the molecule is CCNc1ccncc1S(=O)(=O)N(CCC#N)CC(C)C. The summed E-state index contributed by atoms with van der Waals surface area (Å²) in [4.78, 5) is 4.08. The fourth-order valence-corrected chi connectivity index (χ4v) is 3.67. The van der Waals surface area contributed by atoms with E-state index in [1.54, 1.807) is 12.3 Å². The van der Waals surface area contributed by atoms with Crippen molar-refractivity contribution < 1.29 is 8.42 Å². The molecule has 0 amide bonds. The molecular weight excluding hydrogens is 288 g/mol. The van der Waals surface area contributed by atoms with Crippen LogP contribution in [0, 0.1) is 17.2 Å². The number of nitrogens with zero attached hydrogens (tertiary/aromatic N) is 3. The van der Waals surface area contributed by atoms with E-state index in [0.717, 1.165) is 0 Å². The summed E-state index contributed by atoms with van der Waals surface area (Å²) in [5.74, 6) is 0.178. The van der Waals surface area contributed by atoms with Gasteiger partial charge in [-0.1, -0.05) is 13.8 Å². The van der Waals surface area contributed by atoms with Crippen molar-refractivity contribution in [1.29, 1.82) is 5.26 Å². The fraction of sp³-hybridized carbons (Fsp3) is 0.571. The molecule has 0 radical (unpaired) electrons. The zero-order chi connectivity index (χ0) is 15.9. The number of anilines is 1. The van der Waals surface area contributed by atoms with E-state index in [1.807, 2.05) is 26.8 Å². The molecular formula is C14H22N4O2S. The average Bonchev–Trinajstić information content (AvgIpc) is 2.43. The Kier molecular flexibility index (Phi) is 6.59. The molecule has 0 fully saturated rings. The first-order valence-electron chi connectivity index (χ1n) is 6.98. The fourth-order valence-electron chi connectivity index (χ4n) is 1.95. The third kappa shape index (κ3) is 4.69. The molecule has 0 unspecified atom stereocenters. The quantitative estimate of drug-likeness (QED) is 0.794. The van der Waals surface area contributed by atoms with Gasteiger partial charge in [0.25, 0.3) is 0 Å². The number of pyridine rings is 1. The van der Waals surface area contributed by atoms with E-state index < -0.39 is 10.0 Å². The van der Waals surface area contributed by atoms with Gasteiger partial charge in [0.2, 0.25) is 10.0 Å². The Morgan fingerprint density at radius 3 is 2.76 bits per heavy atom. The highest BCUT2D eigenvalue weighted by molar-refractivity contribution is 7.89. The van der Waals surface area contributed by atoms with Gasteiger partial charge in [-0.15, -0.1) is 0 Å². The van der Waals surface area contributed by atoms with Crippen molar-refractivity contribution in [1.82, 2.24) is 9.29 Å². The zero-order valence-corrected chi connectivity index (χ0v) is 13.5. The van der Waals surface area contributed by atoms with Crippen molar-refractivity contribution in [3.05, 3.63) is 18.5 Å². The third-order valence-electron chi connectivity index (χ3n) is 2.81. The van der Waals surface area contributed by atoms with E-state index >= 15 is 0 Å². The van der Waals surface area contributed by atoms with Crippen LogP contribution < -0.4 is 5.32 Å². The van der Waals surface area contributed by atoms with Crippen LogP contribution in [-0.4, -0.2) is 37.3 Å². The molecule has 0 spiro atoms. The second-order valence-electron chi connectivity index (χ2n) is 5.07. The van der Waals surface area contributed by atoms with Crippen molar-refractivity contribution in [2.45, 2.75) is 32.1 Å². The molecule has 1 aromatic heterocycles. The standard InChI is InChI=1S/C14H22N4O2S/c1-4-17-13-6-8-16-10-14(13)21(19,20)18(9-5-7-15)11-12(2)3/h6,8,10,12H,4-5,9,11H2,1-3H3,(H,16,17). The van der Waals surface area contributed by atoms with Gasteiger partial charge in [0.15, 0.2) is 0 Å². The van der Waals surface area contributed by atoms with Gasteiger partial charge in [0.05, 0.1) is 11.8 Å². The maximum Gasteiger partial charge on any atom is 0.246 e. The number of nitriles is 1. The molecule has 0 aliphatic heterocycles. The second-order valence-corrected chi connectivity index (χ2v) is 6.97. The Hall–Kier alpha value is -1.65. The largest absolute Gasteiger partial charge is 0.384 e. The lowest BCUT2D eigenvalue weighted by atomic mass is 10.2. The molecule has 116 valence electrons. The lowest BCUT2D eigenvalue weighted by Gasteiger charge is -2.24. The molecule has 0 aliphatic carbocycles. The molecule has 0 aliphatic rings. The van der Waals surface area contributed by atoms with E-state index in [9.17, 15) is 8.42 Å². The first kappa shape index (κ1) is 17.4. The minimum atomic E-state index is -3.66. The number of hydrogen-bond donors (Lipinski definition) is 1. The van der Waals surface area contributed by atoms with E-state index in [-0.39, 0.29) is 23.8 Å². The summed E-state index contributed by atoms with van der Waals surface area (Å²) in [5.41, 5.74) is 0.540. The van der Waals surface area contributed by atoms with Gasteiger partial charge in [-0.25, -0.2) is 8.42 Å². The van der Waals surface area contributed by atoms with Crippen LogP contribution in [0.3, 0.4) is 0 Å². The highest BCUT2D eigenvalue weighted by Gasteiger charge is 2.27. The first-order valence-corrected chi connectivity index (χ1v) is 8.42. The van der Waals surface area contributed by atoms with Crippen LogP contribution in [0.5, 0.6) is 0 Å². The van der Waals surface area contributed by atoms with E-state index in [1.165, 1.54) is 10.5 Å². The number of rotatable bonds is 8. The van der Waals surface area contributed by atoms with Gasteiger partial charge < -0.3 is 5.32 Å². The van der Waals surface area contributed by atoms with Gasteiger partial charge in [0.1, 0.15) is 4.90 Å². The first-order chi connectivity index (χ1) is 9.93. The monoisotopic (exact) mass is 310 g/mol. The van der Waals surface area contributed by atoms with Crippen LogP contribution in [-0.2, 0) is 10.0 Å². The summed E-state index contributed by atoms with van der Waals surface area (Å²) < 4.78 is 27.0. The number of sulfonamides is 1. The zero-order valence-electron chi connectivity index (χ0n) is 12.7. The van der Waals surface area contributed by atoms with Crippen molar-refractivity contribution in [3.8, 4) is 6.07 Å². The van der Waals surface area contributed by atoms with Gasteiger partial charge in [0, 0.05) is 38.4 Å². The molecule has 0 aromatic carbocycles. The van der Waals surface area contributed by atoms with Gasteiger partial charge in [-0.3, -0.25) is 4.98 Å². The normalized spacial score (nSPS) is 11.6. The summed E-state index contributed by atoms with van der Waals surface area (Å²) >= 11 is 0. The molecule has 1 aromatic rings. The Bertz CT molecular complexity index is 593. The van der Waals surface area contributed by atoms with Gasteiger partial charge >= 0.3 is 0 Å². The predicted molar refractivity (Wildman–Crippen MR) is 82.2 cm³/mol. The average molecular weight is 310 g/mol. The molecule has 0 atom stereocenters. The Morgan fingerprint density at radius 1 is 1.48 bits per heavy atom. The molecule has 0 saturated carbocycles. The summed E-state index contributed by atoms with van der Waals surface area (Å²) in [6.45, 7) is 6.99. The maximum absolute atomic E-state index is 12.8. The summed E-state index contributed by atoms with van der Waals surface area (Å²) in [6, 6.07) is 3.64. The lowest BCUT2D eigenvalue weighted by Crippen LogP contribution is -2.35. The van der Waals surface area contributed by atoms with Crippen LogP contribution >= 0.6 is 0 Å². The summed E-state index contributed by atoms with van der Waals surface area (Å²) in [5, 5.41) is 11.8. The van der Waals surface area contributed by atoms with Crippen molar-refractivity contribution in [3.63, 3.8) is 0 Å². The lowest BCUT2D eigenvalue weighted by molar-refractivity contribution is 0.373. The molecule has 0 saturated heterocycles. The van der Waals surface area contributed by atoms with E-state index in [4.69, 9.17) is 5.26 Å². The minimum absolute atomic E-state index is 0.158. The van der Waals surface area contributed by atoms with Crippen molar-refractivity contribution in [2.75, 3.05) is 25.0 Å². The molecule has 1 N–H and O–H groups in total. The van der Waals surface area contributed by atoms with Gasteiger partial charge in [-0.2, -0.15) is 9.57 Å². The molecule has 0 bridgehead atoms. The molecule has 21 heavy (non-hydrogen) atoms. The predicted octanol–water partition coefficient (Wildman–Crippen LogP) is 2.07. The van der Waals surface area contributed by atoms with Gasteiger partial charge in [-0.05, 0) is 18.9 Å². The van der Waals surface area contributed by atoms with Crippen LogP contribution in [0.4, 0.5) is 5.69 Å². The molecule has 1 rings (SSSR count). The van der Waals surface area contributed by atoms with E-state index in [0.29, 0.717) is 18.8 Å². The Morgan fingerprint density at radius 2 is 2.19 bits per heavy atom. The van der Waals surface area contributed by atoms with Crippen molar-refractivity contribution in [2.24, 2.45) is 5.92 Å². The highest BCUT2D eigenvalue weighted by Crippen LogP contribution is 2.24. The number of aromatic nitrogens is 1. The number of nitrogens with one attached hydrogen (secondary N) is 1. The van der Waals surface area contributed by atoms with Crippen molar-refractivity contribution >= 4 is 15.7 Å². The molecule has 1 heterocycles. The van der Waals surface area contributed by atoms with Crippen LogP contribution in [0.15, 0.2) is 23.4 Å². The third-order valence-corrected chi connectivity index (χ3v) is 4.70. The second kappa shape index (κ2) is 7.96.